The highest BCUT2D eigenvalue weighted by Gasteiger charge is 2.34. The van der Waals surface area contributed by atoms with Gasteiger partial charge in [-0.1, -0.05) is 0 Å². The van der Waals surface area contributed by atoms with E-state index in [9.17, 15) is 14.4 Å². The zero-order valence-corrected chi connectivity index (χ0v) is 11.3. The first-order chi connectivity index (χ1) is 9.47. The van der Waals surface area contributed by atoms with Gasteiger partial charge in [-0.3, -0.25) is 14.4 Å². The topological polar surface area (TPSA) is 83.5 Å². The van der Waals surface area contributed by atoms with E-state index in [1.54, 1.807) is 24.3 Å². The number of amides is 1. The summed E-state index contributed by atoms with van der Waals surface area (Å²) < 4.78 is 0. The van der Waals surface area contributed by atoms with E-state index in [1.165, 1.54) is 6.92 Å². The van der Waals surface area contributed by atoms with Gasteiger partial charge in [0.1, 0.15) is 0 Å². The van der Waals surface area contributed by atoms with Gasteiger partial charge in [-0.25, -0.2) is 0 Å². The molecule has 2 N–H and O–H groups in total. The van der Waals surface area contributed by atoms with E-state index in [-0.39, 0.29) is 17.6 Å². The van der Waals surface area contributed by atoms with Crippen molar-refractivity contribution in [3.63, 3.8) is 0 Å². The molecule has 2 rings (SSSR count). The molecule has 5 heteroatoms. The Morgan fingerprint density at radius 3 is 2.20 bits per heavy atom. The number of carboxylic acids is 1. The third kappa shape index (κ3) is 3.23. The molecule has 1 aliphatic rings. The molecule has 5 nitrogen and oxygen atoms in total. The number of carbonyl (C=O) groups excluding carboxylic acids is 2. The average molecular weight is 275 g/mol. The predicted molar refractivity (Wildman–Crippen MR) is 73.5 cm³/mol. The molecule has 106 valence electrons. The molecule has 2 unspecified atom stereocenters. The van der Waals surface area contributed by atoms with E-state index in [4.69, 9.17) is 5.11 Å². The van der Waals surface area contributed by atoms with Crippen molar-refractivity contribution in [2.24, 2.45) is 11.8 Å². The third-order valence-corrected chi connectivity index (χ3v) is 3.64. The van der Waals surface area contributed by atoms with Crippen molar-refractivity contribution in [3.8, 4) is 0 Å². The van der Waals surface area contributed by atoms with Crippen LogP contribution in [0.1, 0.15) is 36.5 Å². The lowest BCUT2D eigenvalue weighted by atomic mass is 9.95. The summed E-state index contributed by atoms with van der Waals surface area (Å²) in [5, 5.41) is 11.6. The highest BCUT2D eigenvalue weighted by molar-refractivity contribution is 5.99. The van der Waals surface area contributed by atoms with Crippen LogP contribution in [-0.2, 0) is 9.59 Å². The Morgan fingerprint density at radius 2 is 1.70 bits per heavy atom. The van der Waals surface area contributed by atoms with E-state index >= 15 is 0 Å². The number of hydrogen-bond donors (Lipinski definition) is 2. The molecule has 1 aliphatic carbocycles. The standard InChI is InChI=1S/C15H17NO4/c1-9(17)16-13-6-4-10(5-7-13)14(18)11-2-3-12(8-11)15(19)20/h4-7,11-12H,2-3,8H2,1H3,(H,16,17)(H,19,20). The third-order valence-electron chi connectivity index (χ3n) is 3.64. The summed E-state index contributed by atoms with van der Waals surface area (Å²) in [5.41, 5.74) is 1.21. The Hall–Kier alpha value is -2.17. The summed E-state index contributed by atoms with van der Waals surface area (Å²) in [6.07, 6.45) is 1.61. The minimum absolute atomic E-state index is 0.0110. The number of nitrogens with one attached hydrogen (secondary N) is 1. The number of anilines is 1. The second kappa shape index (κ2) is 5.86. The van der Waals surface area contributed by atoms with Crippen LogP contribution in [0.15, 0.2) is 24.3 Å². The van der Waals surface area contributed by atoms with Crippen molar-refractivity contribution in [1.29, 1.82) is 0 Å². The van der Waals surface area contributed by atoms with Gasteiger partial charge in [0, 0.05) is 24.1 Å². The lowest BCUT2D eigenvalue weighted by Crippen LogP contribution is -2.15. The quantitative estimate of drug-likeness (QED) is 0.826. The summed E-state index contributed by atoms with van der Waals surface area (Å²) in [5.74, 6) is -1.60. The van der Waals surface area contributed by atoms with Gasteiger partial charge >= 0.3 is 5.97 Å². The van der Waals surface area contributed by atoms with Crippen LogP contribution in [0.5, 0.6) is 0 Å². The molecule has 1 fully saturated rings. The molecule has 0 aromatic heterocycles. The van der Waals surface area contributed by atoms with Gasteiger partial charge in [0.25, 0.3) is 0 Å². The molecule has 0 heterocycles. The normalized spacial score (nSPS) is 21.4. The fourth-order valence-electron chi connectivity index (χ4n) is 2.60. The SMILES string of the molecule is CC(=O)Nc1ccc(C(=O)C2CCC(C(=O)O)C2)cc1. The van der Waals surface area contributed by atoms with Crippen LogP contribution in [0.4, 0.5) is 5.69 Å². The summed E-state index contributed by atoms with van der Waals surface area (Å²) in [6, 6.07) is 6.69. The molecule has 1 amide bonds. The van der Waals surface area contributed by atoms with Crippen molar-refractivity contribution in [2.45, 2.75) is 26.2 Å². The van der Waals surface area contributed by atoms with E-state index in [2.05, 4.69) is 5.32 Å². The molecule has 0 saturated heterocycles. The molecule has 1 aromatic carbocycles. The van der Waals surface area contributed by atoms with Crippen molar-refractivity contribution < 1.29 is 19.5 Å². The van der Waals surface area contributed by atoms with Crippen LogP contribution < -0.4 is 5.32 Å². The van der Waals surface area contributed by atoms with Crippen molar-refractivity contribution in [2.75, 3.05) is 5.32 Å². The van der Waals surface area contributed by atoms with E-state index < -0.39 is 11.9 Å². The summed E-state index contributed by atoms with van der Waals surface area (Å²) >= 11 is 0. The maximum atomic E-state index is 12.3. The van der Waals surface area contributed by atoms with Gasteiger partial charge < -0.3 is 10.4 Å². The largest absolute Gasteiger partial charge is 0.481 e. The number of carboxylic acid groups (broad SMARTS) is 1. The van der Waals surface area contributed by atoms with Crippen molar-refractivity contribution in [3.05, 3.63) is 29.8 Å². The number of Topliss-reactive ketones (excluding diaryl/α,β-unsaturated/α-hetero) is 1. The first-order valence-corrected chi connectivity index (χ1v) is 6.62. The second-order valence-corrected chi connectivity index (χ2v) is 5.17. The minimum Gasteiger partial charge on any atom is -0.481 e. The van der Waals surface area contributed by atoms with Crippen molar-refractivity contribution >= 4 is 23.3 Å². The average Bonchev–Trinajstić information content (AvgIpc) is 2.88. The van der Waals surface area contributed by atoms with E-state index in [0.29, 0.717) is 30.5 Å². The van der Waals surface area contributed by atoms with Gasteiger partial charge in [-0.15, -0.1) is 0 Å². The number of hydrogen-bond acceptors (Lipinski definition) is 3. The van der Waals surface area contributed by atoms with Gasteiger partial charge in [0.2, 0.25) is 5.91 Å². The maximum absolute atomic E-state index is 12.3. The predicted octanol–water partition coefficient (Wildman–Crippen LogP) is 2.33. The summed E-state index contributed by atoms with van der Waals surface area (Å²) in [6.45, 7) is 1.42. The van der Waals surface area contributed by atoms with Gasteiger partial charge in [-0.05, 0) is 43.5 Å². The lowest BCUT2D eigenvalue weighted by Gasteiger charge is -2.09. The van der Waals surface area contributed by atoms with Gasteiger partial charge in [-0.2, -0.15) is 0 Å². The van der Waals surface area contributed by atoms with Crippen LogP contribution in [0.3, 0.4) is 0 Å². The monoisotopic (exact) mass is 275 g/mol. The Balaban J connectivity index is 2.03. The Kier molecular flexibility index (Phi) is 4.17. The molecule has 1 saturated carbocycles. The maximum Gasteiger partial charge on any atom is 0.306 e. The zero-order chi connectivity index (χ0) is 14.7. The fraction of sp³-hybridized carbons (Fsp3) is 0.400. The number of rotatable bonds is 4. The first kappa shape index (κ1) is 14.2. The van der Waals surface area contributed by atoms with Crippen LogP contribution in [0.2, 0.25) is 0 Å². The molecule has 0 bridgehead atoms. The lowest BCUT2D eigenvalue weighted by molar-refractivity contribution is -0.141. The van der Waals surface area contributed by atoms with Crippen LogP contribution in [0, 0.1) is 11.8 Å². The minimum atomic E-state index is -0.818. The molecular formula is C15H17NO4. The number of aliphatic carboxylic acids is 1. The number of benzene rings is 1. The second-order valence-electron chi connectivity index (χ2n) is 5.17. The van der Waals surface area contributed by atoms with Crippen LogP contribution in [0.25, 0.3) is 0 Å². The van der Waals surface area contributed by atoms with Crippen LogP contribution >= 0.6 is 0 Å². The van der Waals surface area contributed by atoms with Crippen LogP contribution in [-0.4, -0.2) is 22.8 Å². The summed E-state index contributed by atoms with van der Waals surface area (Å²) in [7, 11) is 0. The number of ketones is 1. The van der Waals surface area contributed by atoms with E-state index in [1.807, 2.05) is 0 Å². The molecule has 0 radical (unpaired) electrons. The molecule has 0 spiro atoms. The Bertz CT molecular complexity index is 535. The highest BCUT2D eigenvalue weighted by atomic mass is 16.4. The highest BCUT2D eigenvalue weighted by Crippen LogP contribution is 2.33. The van der Waals surface area contributed by atoms with Gasteiger partial charge in [0.15, 0.2) is 5.78 Å². The number of carbonyl (C=O) groups is 3. The first-order valence-electron chi connectivity index (χ1n) is 6.62. The molecular weight excluding hydrogens is 258 g/mol. The zero-order valence-electron chi connectivity index (χ0n) is 11.3. The van der Waals surface area contributed by atoms with E-state index in [0.717, 1.165) is 0 Å². The molecule has 2 atom stereocenters. The Morgan fingerprint density at radius 1 is 1.10 bits per heavy atom. The summed E-state index contributed by atoms with van der Waals surface area (Å²) in [4.78, 5) is 34.1. The van der Waals surface area contributed by atoms with Gasteiger partial charge in [0.05, 0.1) is 5.92 Å². The Labute approximate surface area is 117 Å². The molecule has 1 aromatic rings. The smallest absolute Gasteiger partial charge is 0.306 e. The molecule has 20 heavy (non-hydrogen) atoms. The fourth-order valence-corrected chi connectivity index (χ4v) is 2.60. The molecule has 0 aliphatic heterocycles. The van der Waals surface area contributed by atoms with Crippen molar-refractivity contribution in [1.82, 2.24) is 0 Å².